The number of aliphatic hydroxyl groups excluding tert-OH is 1. The van der Waals surface area contributed by atoms with E-state index in [1.54, 1.807) is 68.4 Å². The number of nitrogens with one attached hydrogen (secondary N) is 3. The van der Waals surface area contributed by atoms with Crippen LogP contribution in [0.5, 0.6) is 5.75 Å². The summed E-state index contributed by atoms with van der Waals surface area (Å²) in [6, 6.07) is 0.916. The third-order valence-electron chi connectivity index (χ3n) is 6.56. The molecule has 2 atom stereocenters. The van der Waals surface area contributed by atoms with Crippen molar-refractivity contribution in [1.82, 2.24) is 15.4 Å². The quantitative estimate of drug-likeness (QED) is 0.0872. The number of amides is 2. The molecular formula is C30H52N4O8S4. The molecule has 0 aliphatic rings. The lowest BCUT2D eigenvalue weighted by Gasteiger charge is -2.38. The summed E-state index contributed by atoms with van der Waals surface area (Å²) in [4.78, 5) is 29.8. The van der Waals surface area contributed by atoms with Gasteiger partial charge in [0.2, 0.25) is 5.96 Å². The van der Waals surface area contributed by atoms with Crippen LogP contribution in [0.3, 0.4) is 0 Å². The number of thioether (sulfide) groups is 3. The van der Waals surface area contributed by atoms with E-state index in [-0.39, 0.29) is 23.8 Å². The minimum atomic E-state index is -4.22. The van der Waals surface area contributed by atoms with Gasteiger partial charge in [0.25, 0.3) is 10.0 Å². The van der Waals surface area contributed by atoms with E-state index >= 15 is 0 Å². The third-order valence-corrected chi connectivity index (χ3v) is 13.6. The maximum atomic E-state index is 13.7. The molecule has 0 radical (unpaired) electrons. The molecular weight excluding hydrogens is 673 g/mol. The number of rotatable bonds is 13. The van der Waals surface area contributed by atoms with Crippen LogP contribution in [0.1, 0.15) is 71.1 Å². The van der Waals surface area contributed by atoms with Gasteiger partial charge in [-0.25, -0.2) is 22.7 Å². The van der Waals surface area contributed by atoms with E-state index in [9.17, 15) is 23.1 Å². The van der Waals surface area contributed by atoms with Crippen LogP contribution in [0.4, 0.5) is 9.59 Å². The van der Waals surface area contributed by atoms with E-state index in [0.29, 0.717) is 28.9 Å². The van der Waals surface area contributed by atoms with Gasteiger partial charge in [-0.2, -0.15) is 0 Å². The first-order valence-corrected chi connectivity index (χ1v) is 19.8. The van der Waals surface area contributed by atoms with Crippen molar-refractivity contribution in [3.8, 4) is 5.75 Å². The lowest BCUT2D eigenvalue weighted by atomic mass is 10.1. The topological polar surface area (TPSA) is 165 Å². The molecule has 0 aromatic heterocycles. The minimum Gasteiger partial charge on any atom is -0.496 e. The van der Waals surface area contributed by atoms with Gasteiger partial charge in [-0.15, -0.1) is 35.3 Å². The monoisotopic (exact) mass is 724 g/mol. The van der Waals surface area contributed by atoms with Gasteiger partial charge in [-0.3, -0.25) is 10.3 Å². The van der Waals surface area contributed by atoms with Gasteiger partial charge in [0, 0.05) is 6.54 Å². The molecule has 12 nitrogen and oxygen atoms in total. The van der Waals surface area contributed by atoms with Gasteiger partial charge in [-0.05, 0) is 117 Å². The molecule has 2 amide bonds. The summed E-state index contributed by atoms with van der Waals surface area (Å²) in [5, 5.41) is 16.7. The molecule has 1 rings (SSSR count). The fourth-order valence-corrected chi connectivity index (χ4v) is 9.18. The number of nitrogens with zero attached hydrogens (tertiary/aromatic N) is 1. The number of alkyl carbamates (subject to hydrolysis) is 2. The largest absolute Gasteiger partial charge is 0.496 e. The number of methoxy groups -OCH3 is 1. The summed E-state index contributed by atoms with van der Waals surface area (Å²) < 4.78 is 45.2. The zero-order valence-corrected chi connectivity index (χ0v) is 32.5. The Balaban J connectivity index is 3.39. The summed E-state index contributed by atoms with van der Waals surface area (Å²) in [5.74, 6) is 0.227. The number of carbonyl (C=O) groups is 2. The summed E-state index contributed by atoms with van der Waals surface area (Å²) in [7, 11) is -2.70. The van der Waals surface area contributed by atoms with Gasteiger partial charge in [0.1, 0.15) is 26.5 Å². The van der Waals surface area contributed by atoms with Crippen LogP contribution in [0, 0.1) is 20.8 Å². The molecule has 0 heterocycles. The maximum Gasteiger partial charge on any atom is 0.414 e. The average molecular weight is 725 g/mol. The Bertz CT molecular complexity index is 1330. The Morgan fingerprint density at radius 1 is 0.935 bits per heavy atom. The molecule has 0 saturated carbocycles. The molecule has 264 valence electrons. The van der Waals surface area contributed by atoms with E-state index in [4.69, 9.17) is 14.2 Å². The SMILES string of the molecule is COc1cc(C)c(S(=O)(=O)NC(=NCCC[C@H](NC(=O)OC(C)(C)C)C(O)C(SC)(SC)SC)NC(=O)OC(C)(C)C)c(C)c1C. The highest BCUT2D eigenvalue weighted by molar-refractivity contribution is 8.33. The Morgan fingerprint density at radius 2 is 1.46 bits per heavy atom. The second kappa shape index (κ2) is 17.4. The first-order chi connectivity index (χ1) is 21.1. The van der Waals surface area contributed by atoms with Gasteiger partial charge in [0.05, 0.1) is 18.0 Å². The zero-order chi connectivity index (χ0) is 35.7. The third kappa shape index (κ3) is 12.5. The predicted octanol–water partition coefficient (Wildman–Crippen LogP) is 5.56. The van der Waals surface area contributed by atoms with Crippen LogP contribution >= 0.6 is 35.3 Å². The van der Waals surface area contributed by atoms with Gasteiger partial charge in [0.15, 0.2) is 0 Å². The molecule has 0 saturated heterocycles. The Hall–Kier alpha value is -2.01. The second-order valence-corrected chi connectivity index (χ2v) is 18.0. The fourth-order valence-electron chi connectivity index (χ4n) is 4.45. The van der Waals surface area contributed by atoms with Crippen molar-refractivity contribution in [2.45, 2.75) is 107 Å². The summed E-state index contributed by atoms with van der Waals surface area (Å²) >= 11 is 4.41. The van der Waals surface area contributed by atoms with Crippen molar-refractivity contribution in [3.63, 3.8) is 0 Å². The zero-order valence-electron chi connectivity index (χ0n) is 29.2. The van der Waals surface area contributed by atoms with Crippen LogP contribution in [0.2, 0.25) is 0 Å². The summed E-state index contributed by atoms with van der Waals surface area (Å²) in [5.41, 5.74) is 0.0207. The van der Waals surface area contributed by atoms with E-state index < -0.39 is 49.0 Å². The number of guanidine groups is 1. The number of aliphatic hydroxyl groups is 1. The molecule has 0 spiro atoms. The highest BCUT2D eigenvalue weighted by Crippen LogP contribution is 2.47. The number of benzene rings is 1. The Kier molecular flexibility index (Phi) is 15.9. The highest BCUT2D eigenvalue weighted by atomic mass is 32.3. The number of aliphatic imine (C=N–C) groups is 1. The van der Waals surface area contributed by atoms with Crippen LogP contribution in [0.25, 0.3) is 0 Å². The first-order valence-electron chi connectivity index (χ1n) is 14.6. The van der Waals surface area contributed by atoms with E-state index in [1.165, 1.54) is 42.4 Å². The maximum absolute atomic E-state index is 13.7. The van der Waals surface area contributed by atoms with Crippen LogP contribution in [-0.4, -0.2) is 90.9 Å². The van der Waals surface area contributed by atoms with E-state index in [0.717, 1.165) is 0 Å². The van der Waals surface area contributed by atoms with E-state index in [1.807, 2.05) is 18.8 Å². The number of hydrogen-bond donors (Lipinski definition) is 4. The summed E-state index contributed by atoms with van der Waals surface area (Å²) in [6.45, 7) is 15.4. The normalized spacial score (nSPS) is 14.3. The van der Waals surface area contributed by atoms with Crippen molar-refractivity contribution in [2.24, 2.45) is 4.99 Å². The van der Waals surface area contributed by atoms with Crippen molar-refractivity contribution in [1.29, 1.82) is 0 Å². The number of ether oxygens (including phenoxy) is 3. The Morgan fingerprint density at radius 3 is 1.93 bits per heavy atom. The van der Waals surface area contributed by atoms with Gasteiger partial charge < -0.3 is 24.6 Å². The van der Waals surface area contributed by atoms with Crippen molar-refractivity contribution < 1.29 is 37.3 Å². The lowest BCUT2D eigenvalue weighted by Crippen LogP contribution is -2.52. The van der Waals surface area contributed by atoms with Gasteiger partial charge >= 0.3 is 12.2 Å². The molecule has 1 unspecified atom stereocenters. The van der Waals surface area contributed by atoms with Crippen molar-refractivity contribution in [2.75, 3.05) is 32.4 Å². The van der Waals surface area contributed by atoms with E-state index in [2.05, 4.69) is 20.3 Å². The predicted molar refractivity (Wildman–Crippen MR) is 191 cm³/mol. The molecule has 4 N–H and O–H groups in total. The average Bonchev–Trinajstić information content (AvgIpc) is 2.91. The molecule has 1 aromatic rings. The van der Waals surface area contributed by atoms with Crippen LogP contribution in [-0.2, 0) is 19.5 Å². The van der Waals surface area contributed by atoms with Gasteiger partial charge in [-0.1, -0.05) is 0 Å². The molecule has 1 aromatic carbocycles. The number of hydrogen-bond acceptors (Lipinski definition) is 12. The molecule has 16 heteroatoms. The molecule has 0 bridgehead atoms. The van der Waals surface area contributed by atoms with Crippen LogP contribution in [0.15, 0.2) is 16.0 Å². The molecule has 0 fully saturated rings. The lowest BCUT2D eigenvalue weighted by molar-refractivity contribution is 0.0421. The Labute approximate surface area is 287 Å². The number of aryl methyl sites for hydroxylation is 1. The smallest absolute Gasteiger partial charge is 0.414 e. The first kappa shape index (κ1) is 42.0. The fraction of sp³-hybridized carbons (Fsp3) is 0.700. The van der Waals surface area contributed by atoms with Crippen molar-refractivity contribution >= 4 is 63.5 Å². The summed E-state index contributed by atoms with van der Waals surface area (Å²) in [6.07, 6.45) is 3.71. The minimum absolute atomic E-state index is 0.0387. The number of sulfonamides is 1. The number of carbonyl (C=O) groups excluding carboxylic acids is 2. The molecule has 46 heavy (non-hydrogen) atoms. The molecule has 0 aliphatic carbocycles. The molecule has 0 aliphatic heterocycles. The standard InChI is InChI=1S/C30H52N4O8S4/c1-18-17-22(40-10)19(2)20(3)23(18)46(38,39)34-25(33-27(37)42-29(7,8)9)31-16-14-15-21(32-26(36)41-28(4,5)6)24(35)30(43-11,44-12)45-13/h17,21,24,35H,14-16H2,1-13H3,(H,32,36)(H2,31,33,34,37)/t21-,24?/m0/s1. The second-order valence-electron chi connectivity index (χ2n) is 12.5. The van der Waals surface area contributed by atoms with Crippen molar-refractivity contribution in [3.05, 3.63) is 22.8 Å². The highest BCUT2D eigenvalue weighted by Gasteiger charge is 2.41. The van der Waals surface area contributed by atoms with Crippen LogP contribution < -0.4 is 20.1 Å².